The monoisotopic (exact) mass is 414 g/mol. The summed E-state index contributed by atoms with van der Waals surface area (Å²) in [5, 5.41) is 0. The van der Waals surface area contributed by atoms with Crippen LogP contribution in [0.4, 0.5) is 0 Å². The van der Waals surface area contributed by atoms with Crippen LogP contribution in [0.3, 0.4) is 0 Å². The van der Waals surface area contributed by atoms with Crippen LogP contribution in [0.1, 0.15) is 18.1 Å². The molecule has 2 aromatic rings. The van der Waals surface area contributed by atoms with Gasteiger partial charge in [0, 0.05) is 6.92 Å². The summed E-state index contributed by atoms with van der Waals surface area (Å²) >= 11 is 0. The molecule has 0 spiro atoms. The molecule has 0 aliphatic heterocycles. The lowest BCUT2D eigenvalue weighted by Gasteiger charge is -2.12. The van der Waals surface area contributed by atoms with Gasteiger partial charge >= 0.3 is 26.2 Å². The summed E-state index contributed by atoms with van der Waals surface area (Å²) in [4.78, 5) is 10.8. The number of aryl methyl sites for hydroxylation is 1. The van der Waals surface area contributed by atoms with Gasteiger partial charge in [-0.15, -0.1) is 0 Å². The van der Waals surface area contributed by atoms with E-state index in [0.717, 1.165) is 12.5 Å². The first-order valence-electron chi connectivity index (χ1n) is 7.63. The Kier molecular flexibility index (Phi) is 6.11. The van der Waals surface area contributed by atoms with Crippen molar-refractivity contribution >= 4 is 26.2 Å². The van der Waals surface area contributed by atoms with E-state index in [4.69, 9.17) is 8.92 Å². The highest BCUT2D eigenvalue weighted by Gasteiger charge is 2.21. The van der Waals surface area contributed by atoms with Crippen LogP contribution in [-0.2, 0) is 35.0 Å². The summed E-state index contributed by atoms with van der Waals surface area (Å²) in [6.07, 6.45) is 0. The van der Waals surface area contributed by atoms with Crippen molar-refractivity contribution in [3.8, 4) is 11.5 Å². The SMILES string of the molecule is COc1ccc(CS(=O)(=O)OC(C)=O)cc1OS(=O)(=O)c1ccc(C)cc1. The zero-order valence-electron chi connectivity index (χ0n) is 14.8. The van der Waals surface area contributed by atoms with Crippen LogP contribution in [-0.4, -0.2) is 29.9 Å². The van der Waals surface area contributed by atoms with Crippen LogP contribution in [0.15, 0.2) is 47.4 Å². The van der Waals surface area contributed by atoms with Gasteiger partial charge in [-0.1, -0.05) is 23.8 Å². The van der Waals surface area contributed by atoms with Gasteiger partial charge in [0.25, 0.3) is 0 Å². The van der Waals surface area contributed by atoms with Crippen molar-refractivity contribution in [3.63, 3.8) is 0 Å². The van der Waals surface area contributed by atoms with E-state index in [0.29, 0.717) is 0 Å². The molecular formula is C17H18O8S2. The predicted octanol–water partition coefficient (Wildman–Crippen LogP) is 2.16. The summed E-state index contributed by atoms with van der Waals surface area (Å²) in [6.45, 7) is 2.78. The molecule has 146 valence electrons. The average Bonchev–Trinajstić information content (AvgIpc) is 2.53. The van der Waals surface area contributed by atoms with Crippen molar-refractivity contribution in [2.24, 2.45) is 0 Å². The second kappa shape index (κ2) is 7.97. The lowest BCUT2D eigenvalue weighted by atomic mass is 10.2. The van der Waals surface area contributed by atoms with Crippen molar-refractivity contribution in [2.75, 3.05) is 7.11 Å². The second-order valence-corrected chi connectivity index (χ2v) is 8.73. The van der Waals surface area contributed by atoms with Gasteiger partial charge in [0.2, 0.25) is 0 Å². The summed E-state index contributed by atoms with van der Waals surface area (Å²) < 4.78 is 62.9. The van der Waals surface area contributed by atoms with Gasteiger partial charge in [-0.3, -0.25) is 4.79 Å². The van der Waals surface area contributed by atoms with Crippen LogP contribution in [0, 0.1) is 6.92 Å². The standard InChI is InChI=1S/C17H18O8S2/c1-12-4-7-15(8-5-12)27(21,22)25-17-10-14(6-9-16(17)23-3)11-26(19,20)24-13(2)18/h4-10H,11H2,1-3H3. The van der Waals surface area contributed by atoms with Crippen LogP contribution in [0.5, 0.6) is 11.5 Å². The molecule has 0 unspecified atom stereocenters. The van der Waals surface area contributed by atoms with Crippen molar-refractivity contribution < 1.29 is 34.7 Å². The molecule has 0 saturated heterocycles. The fourth-order valence-electron chi connectivity index (χ4n) is 2.16. The van der Waals surface area contributed by atoms with E-state index < -0.39 is 32.0 Å². The average molecular weight is 414 g/mol. The van der Waals surface area contributed by atoms with Crippen LogP contribution < -0.4 is 8.92 Å². The molecule has 0 bridgehead atoms. The lowest BCUT2D eigenvalue weighted by molar-refractivity contribution is -0.131. The third-order valence-corrected chi connectivity index (χ3v) is 5.75. The maximum absolute atomic E-state index is 12.5. The molecule has 0 heterocycles. The predicted molar refractivity (Wildman–Crippen MR) is 96.4 cm³/mol. The van der Waals surface area contributed by atoms with E-state index in [1.807, 2.05) is 6.92 Å². The number of carbonyl (C=O) groups excluding carboxylic acids is 1. The van der Waals surface area contributed by atoms with Gasteiger partial charge < -0.3 is 13.1 Å². The Bertz CT molecular complexity index is 1040. The van der Waals surface area contributed by atoms with Gasteiger partial charge in [-0.05, 0) is 36.8 Å². The van der Waals surface area contributed by atoms with E-state index in [9.17, 15) is 21.6 Å². The first kappa shape index (κ1) is 20.7. The number of carbonyl (C=O) groups is 1. The Balaban J connectivity index is 2.35. The minimum absolute atomic E-state index is 0.0620. The summed E-state index contributed by atoms with van der Waals surface area (Å²) in [7, 11) is -7.01. The number of rotatable bonds is 7. The first-order valence-corrected chi connectivity index (χ1v) is 10.6. The molecule has 0 aromatic heterocycles. The van der Waals surface area contributed by atoms with Gasteiger partial charge in [0.15, 0.2) is 11.5 Å². The highest BCUT2D eigenvalue weighted by atomic mass is 32.2. The zero-order valence-corrected chi connectivity index (χ0v) is 16.5. The zero-order chi connectivity index (χ0) is 20.2. The number of ether oxygens (including phenoxy) is 1. The Morgan fingerprint density at radius 3 is 2.15 bits per heavy atom. The largest absolute Gasteiger partial charge is 0.493 e. The molecule has 2 aromatic carbocycles. The fourth-order valence-corrected chi connectivity index (χ4v) is 4.10. The topological polar surface area (TPSA) is 113 Å². The number of hydrogen-bond acceptors (Lipinski definition) is 8. The quantitative estimate of drug-likeness (QED) is 0.634. The molecule has 8 nitrogen and oxygen atoms in total. The molecule has 0 atom stereocenters. The third kappa shape index (κ3) is 5.69. The number of methoxy groups -OCH3 is 1. The first-order chi connectivity index (χ1) is 12.5. The van der Waals surface area contributed by atoms with E-state index in [1.165, 1.54) is 37.4 Å². The molecule has 2 rings (SSSR count). The van der Waals surface area contributed by atoms with E-state index in [2.05, 4.69) is 4.18 Å². The molecule has 0 aliphatic rings. The molecule has 0 N–H and O–H groups in total. The molecule has 27 heavy (non-hydrogen) atoms. The molecule has 0 amide bonds. The van der Waals surface area contributed by atoms with Crippen LogP contribution in [0.2, 0.25) is 0 Å². The number of benzene rings is 2. The smallest absolute Gasteiger partial charge is 0.339 e. The minimum atomic E-state index is -4.17. The van der Waals surface area contributed by atoms with Gasteiger partial charge in [-0.25, -0.2) is 0 Å². The maximum atomic E-state index is 12.5. The highest BCUT2D eigenvalue weighted by Crippen LogP contribution is 2.31. The lowest BCUT2D eigenvalue weighted by Crippen LogP contribution is -2.13. The van der Waals surface area contributed by atoms with E-state index in [-0.39, 0.29) is 22.0 Å². The molecule has 0 saturated carbocycles. The van der Waals surface area contributed by atoms with Gasteiger partial charge in [-0.2, -0.15) is 16.8 Å². The van der Waals surface area contributed by atoms with Gasteiger partial charge in [0.1, 0.15) is 10.6 Å². The fraction of sp³-hybridized carbons (Fsp3) is 0.235. The van der Waals surface area contributed by atoms with E-state index in [1.54, 1.807) is 12.1 Å². The Morgan fingerprint density at radius 2 is 1.59 bits per heavy atom. The second-order valence-electron chi connectivity index (χ2n) is 5.61. The summed E-state index contributed by atoms with van der Waals surface area (Å²) in [5.41, 5.74) is 1.04. The Hall–Kier alpha value is -2.59. The highest BCUT2D eigenvalue weighted by molar-refractivity contribution is 7.87. The Labute approximate surface area is 157 Å². The molecule has 0 aliphatic carbocycles. The van der Waals surface area contributed by atoms with Crippen molar-refractivity contribution in [1.82, 2.24) is 0 Å². The van der Waals surface area contributed by atoms with Crippen LogP contribution in [0.25, 0.3) is 0 Å². The van der Waals surface area contributed by atoms with Gasteiger partial charge in [0.05, 0.1) is 7.11 Å². The number of hydrogen-bond donors (Lipinski definition) is 0. The Morgan fingerprint density at radius 1 is 0.963 bits per heavy atom. The third-order valence-electron chi connectivity index (χ3n) is 3.32. The molecule has 10 heteroatoms. The van der Waals surface area contributed by atoms with Crippen molar-refractivity contribution in [3.05, 3.63) is 53.6 Å². The molecular weight excluding hydrogens is 396 g/mol. The molecule has 0 fully saturated rings. The summed E-state index contributed by atoms with van der Waals surface area (Å²) in [6, 6.07) is 9.99. The van der Waals surface area contributed by atoms with Crippen molar-refractivity contribution in [1.29, 1.82) is 0 Å². The normalized spacial score (nSPS) is 11.7. The maximum Gasteiger partial charge on any atom is 0.339 e. The van der Waals surface area contributed by atoms with E-state index >= 15 is 0 Å². The minimum Gasteiger partial charge on any atom is -0.493 e. The van der Waals surface area contributed by atoms with Crippen LogP contribution >= 0.6 is 0 Å². The summed E-state index contributed by atoms with van der Waals surface area (Å²) in [5.74, 6) is -1.70. The molecule has 0 radical (unpaired) electrons. The van der Waals surface area contributed by atoms with Crippen molar-refractivity contribution in [2.45, 2.75) is 24.5 Å².